The van der Waals surface area contributed by atoms with Gasteiger partial charge in [0.05, 0.1) is 40.1 Å². The van der Waals surface area contributed by atoms with Crippen molar-refractivity contribution in [3.05, 3.63) is 137 Å². The Morgan fingerprint density at radius 3 is 2.27 bits per heavy atom. The van der Waals surface area contributed by atoms with Crippen LogP contribution in [0.1, 0.15) is 51.4 Å². The fraction of sp³-hybridized carbons (Fsp3) is 0.244. The number of carbonyl (C=O) groups excluding carboxylic acids is 4. The van der Waals surface area contributed by atoms with E-state index in [4.69, 9.17) is 0 Å². The van der Waals surface area contributed by atoms with E-state index in [0.717, 1.165) is 21.0 Å². The number of phenolic OH excluding ortho intramolecular Hbond substituents is 1. The number of hydrazine groups is 1. The van der Waals surface area contributed by atoms with Gasteiger partial charge in [-0.3, -0.25) is 29.5 Å². The van der Waals surface area contributed by atoms with Gasteiger partial charge in [0.1, 0.15) is 5.75 Å². The van der Waals surface area contributed by atoms with Crippen molar-refractivity contribution in [1.29, 1.82) is 0 Å². The predicted molar refractivity (Wildman–Crippen MR) is 188 cm³/mol. The van der Waals surface area contributed by atoms with Crippen LogP contribution in [0.25, 0.3) is 0 Å². The van der Waals surface area contributed by atoms with Crippen LogP contribution in [0, 0.1) is 37.5 Å². The number of fused-ring (bicyclic) bond motifs is 4. The number of allylic oxidation sites excluding steroid dienone is 2. The van der Waals surface area contributed by atoms with E-state index in [2.05, 4.69) is 5.43 Å². The zero-order valence-electron chi connectivity index (χ0n) is 27.9. The summed E-state index contributed by atoms with van der Waals surface area (Å²) in [6.07, 6.45) is 2.33. The standard InChI is InChI=1S/C41H35N3O7/c1-22-11-14-27(15-12-22)42-44-37(47)32-21-31-29(16-17-30-34(31)38(48)43(36(30)46)28-10-6-7-25(20-28)39(49)50)35(24-13-18-33(45)23(2)19-24)41(32,40(44)51)26-8-4-3-5-9-26/h3-16,18-20,30-32,34-35,42,45H,17,21H2,1-2H3,(H,49,50)/t30-,31+,32-,34-,35-,41+/m0/s1. The van der Waals surface area contributed by atoms with Gasteiger partial charge in [0.25, 0.3) is 11.8 Å². The normalized spacial score (nSPS) is 26.8. The number of aromatic carboxylic acids is 1. The van der Waals surface area contributed by atoms with E-state index in [9.17, 15) is 29.4 Å². The zero-order valence-corrected chi connectivity index (χ0v) is 27.9. The maximum atomic E-state index is 15.2. The van der Waals surface area contributed by atoms with Crippen LogP contribution in [0.4, 0.5) is 11.4 Å². The maximum absolute atomic E-state index is 15.2. The SMILES string of the molecule is Cc1ccc(NN2C(=O)[C@@H]3C[C@@H]4C(=CC[C@@H]5C(=O)N(c6cccc(C(=O)O)c6)C(=O)[C@@H]54)[C@H](c4ccc(O)c(C)c4)[C@]3(c3ccccc3)C2=O)cc1. The Morgan fingerprint density at radius 2 is 1.57 bits per heavy atom. The van der Waals surface area contributed by atoms with E-state index in [1.54, 1.807) is 37.3 Å². The Balaban J connectivity index is 1.31. The topological polar surface area (TPSA) is 144 Å². The number of phenols is 1. The second-order valence-electron chi connectivity index (χ2n) is 14.0. The molecular formula is C41H35N3O7. The van der Waals surface area contributed by atoms with Crippen LogP contribution in [-0.4, -0.2) is 44.8 Å². The number of aromatic hydroxyl groups is 1. The zero-order chi connectivity index (χ0) is 35.8. The fourth-order valence-electron chi connectivity index (χ4n) is 9.01. The Hall–Kier alpha value is -6.03. The highest BCUT2D eigenvalue weighted by Crippen LogP contribution is 2.64. The van der Waals surface area contributed by atoms with Crippen molar-refractivity contribution >= 4 is 41.0 Å². The van der Waals surface area contributed by atoms with E-state index in [-0.39, 0.29) is 29.8 Å². The number of imide groups is 2. The first-order chi connectivity index (χ1) is 24.5. The first kappa shape index (κ1) is 32.2. The average molecular weight is 682 g/mol. The molecule has 4 aromatic rings. The molecule has 1 saturated carbocycles. The molecule has 2 saturated heterocycles. The minimum atomic E-state index is -1.42. The molecule has 8 rings (SSSR count). The van der Waals surface area contributed by atoms with Crippen LogP contribution in [0.5, 0.6) is 5.75 Å². The summed E-state index contributed by atoms with van der Waals surface area (Å²) in [5, 5.41) is 21.3. The molecule has 3 fully saturated rings. The molecule has 4 aromatic carbocycles. The molecule has 0 radical (unpaired) electrons. The van der Waals surface area contributed by atoms with Crippen LogP contribution in [-0.2, 0) is 24.6 Å². The van der Waals surface area contributed by atoms with Crippen LogP contribution in [0.3, 0.4) is 0 Å². The lowest BCUT2D eigenvalue weighted by atomic mass is 9.49. The minimum absolute atomic E-state index is 0.0499. The first-order valence-electron chi connectivity index (χ1n) is 17.0. The molecule has 4 amide bonds. The van der Waals surface area contributed by atoms with E-state index in [0.29, 0.717) is 22.4 Å². The van der Waals surface area contributed by atoms with Gasteiger partial charge in [0.2, 0.25) is 11.8 Å². The summed E-state index contributed by atoms with van der Waals surface area (Å²) < 4.78 is 0. The van der Waals surface area contributed by atoms with Crippen molar-refractivity contribution in [2.75, 3.05) is 10.3 Å². The van der Waals surface area contributed by atoms with Gasteiger partial charge in [-0.15, -0.1) is 0 Å². The third kappa shape index (κ3) is 4.73. The quantitative estimate of drug-likeness (QED) is 0.169. The summed E-state index contributed by atoms with van der Waals surface area (Å²) in [6.45, 7) is 3.72. The smallest absolute Gasteiger partial charge is 0.335 e. The predicted octanol–water partition coefficient (Wildman–Crippen LogP) is 5.90. The molecule has 0 bridgehead atoms. The van der Waals surface area contributed by atoms with Gasteiger partial charge in [-0.1, -0.05) is 77.9 Å². The van der Waals surface area contributed by atoms with E-state index in [1.165, 1.54) is 18.2 Å². The van der Waals surface area contributed by atoms with Gasteiger partial charge in [-0.25, -0.2) is 4.79 Å². The maximum Gasteiger partial charge on any atom is 0.335 e. The molecule has 0 unspecified atom stereocenters. The molecule has 3 N–H and O–H groups in total. The van der Waals surface area contributed by atoms with Crippen LogP contribution < -0.4 is 10.3 Å². The Bertz CT molecular complexity index is 2180. The third-order valence-corrected chi connectivity index (χ3v) is 11.3. The van der Waals surface area contributed by atoms with Gasteiger partial charge in [-0.2, -0.15) is 5.01 Å². The number of aryl methyl sites for hydroxylation is 2. The Morgan fingerprint density at radius 1 is 0.824 bits per heavy atom. The lowest BCUT2D eigenvalue weighted by Gasteiger charge is -2.50. The van der Waals surface area contributed by atoms with Crippen molar-refractivity contribution in [3.63, 3.8) is 0 Å². The van der Waals surface area contributed by atoms with Gasteiger partial charge in [-0.05, 0) is 85.7 Å². The molecular weight excluding hydrogens is 646 g/mol. The lowest BCUT2D eigenvalue weighted by Crippen LogP contribution is -2.53. The van der Waals surface area contributed by atoms with Gasteiger partial charge in [0.15, 0.2) is 0 Å². The number of hydrogen-bond donors (Lipinski definition) is 3. The second kappa shape index (κ2) is 11.8. The molecule has 51 heavy (non-hydrogen) atoms. The number of carboxylic acid groups (broad SMARTS) is 1. The summed E-state index contributed by atoms with van der Waals surface area (Å²) in [5.74, 6) is -6.61. The average Bonchev–Trinajstić information content (AvgIpc) is 3.51. The van der Waals surface area contributed by atoms with Crippen LogP contribution in [0.15, 0.2) is 109 Å². The number of amides is 4. The summed E-state index contributed by atoms with van der Waals surface area (Å²) in [7, 11) is 0. The fourth-order valence-corrected chi connectivity index (χ4v) is 9.01. The minimum Gasteiger partial charge on any atom is -0.508 e. The monoisotopic (exact) mass is 681 g/mol. The molecule has 2 aliphatic heterocycles. The van der Waals surface area contributed by atoms with E-state index in [1.807, 2.05) is 61.5 Å². The van der Waals surface area contributed by atoms with Gasteiger partial charge >= 0.3 is 5.97 Å². The number of carboxylic acids is 1. The van der Waals surface area contributed by atoms with E-state index >= 15 is 4.79 Å². The summed E-state index contributed by atoms with van der Waals surface area (Å²) in [5.41, 5.74) is 6.12. The molecule has 0 aromatic heterocycles. The van der Waals surface area contributed by atoms with Crippen molar-refractivity contribution in [2.24, 2.45) is 23.7 Å². The number of hydrogen-bond acceptors (Lipinski definition) is 7. The summed E-state index contributed by atoms with van der Waals surface area (Å²) in [4.78, 5) is 71.3. The van der Waals surface area contributed by atoms with Crippen LogP contribution in [0.2, 0.25) is 0 Å². The van der Waals surface area contributed by atoms with Crippen LogP contribution >= 0.6 is 0 Å². The molecule has 2 heterocycles. The largest absolute Gasteiger partial charge is 0.508 e. The molecule has 256 valence electrons. The van der Waals surface area contributed by atoms with Crippen molar-refractivity contribution < 1.29 is 34.2 Å². The first-order valence-corrected chi connectivity index (χ1v) is 17.0. The number of rotatable bonds is 6. The molecule has 4 aliphatic rings. The third-order valence-electron chi connectivity index (χ3n) is 11.3. The number of nitrogens with zero attached hydrogens (tertiary/aromatic N) is 2. The number of carbonyl (C=O) groups is 5. The molecule has 0 spiro atoms. The Labute approximate surface area is 294 Å². The highest BCUT2D eigenvalue weighted by Gasteiger charge is 2.70. The summed E-state index contributed by atoms with van der Waals surface area (Å²) in [6, 6.07) is 27.6. The van der Waals surface area contributed by atoms with Gasteiger partial charge in [0, 0.05) is 5.92 Å². The second-order valence-corrected chi connectivity index (χ2v) is 14.0. The molecule has 10 nitrogen and oxygen atoms in total. The molecule has 6 atom stereocenters. The molecule has 2 aliphatic carbocycles. The number of benzene rings is 4. The van der Waals surface area contributed by atoms with E-state index < -0.39 is 64.6 Å². The highest BCUT2D eigenvalue weighted by atomic mass is 16.4. The Kier molecular flexibility index (Phi) is 7.44. The highest BCUT2D eigenvalue weighted by molar-refractivity contribution is 6.23. The van der Waals surface area contributed by atoms with Gasteiger partial charge < -0.3 is 10.2 Å². The van der Waals surface area contributed by atoms with Crippen molar-refractivity contribution in [3.8, 4) is 5.75 Å². The lowest BCUT2D eigenvalue weighted by molar-refractivity contribution is -0.138. The van der Waals surface area contributed by atoms with Crippen molar-refractivity contribution in [1.82, 2.24) is 5.01 Å². The molecule has 10 heteroatoms. The summed E-state index contributed by atoms with van der Waals surface area (Å²) >= 11 is 0. The van der Waals surface area contributed by atoms with Crippen molar-refractivity contribution in [2.45, 2.75) is 38.0 Å². The number of nitrogens with one attached hydrogen (secondary N) is 1. The number of anilines is 2.